The SMILES string of the molecule is Cc1cccc(C)c1N1CC=C[C@]23S[C@@]4(C)C=CCOC(=O)[C@H]4[C@H]2C(=O)N([C@@H](CO)Cc2ccccc2)C3C1=O. The summed E-state index contributed by atoms with van der Waals surface area (Å²) in [5.41, 5.74) is 3.72. The maximum atomic E-state index is 14.8. The second kappa shape index (κ2) is 9.93. The Balaban J connectivity index is 1.52. The Morgan fingerprint density at radius 1 is 0.975 bits per heavy atom. The average Bonchev–Trinajstić information content (AvgIpc) is 3.20. The fourth-order valence-corrected chi connectivity index (χ4v) is 9.40. The molecule has 6 rings (SSSR count). The lowest BCUT2D eigenvalue weighted by Crippen LogP contribution is -2.57. The number of ether oxygens (including phenoxy) is 1. The molecule has 2 aromatic carbocycles. The van der Waals surface area contributed by atoms with Crippen molar-refractivity contribution in [3.63, 3.8) is 0 Å². The van der Waals surface area contributed by atoms with Gasteiger partial charge in [-0.1, -0.05) is 66.8 Å². The van der Waals surface area contributed by atoms with Gasteiger partial charge < -0.3 is 19.6 Å². The van der Waals surface area contributed by atoms with Crippen molar-refractivity contribution >= 4 is 35.2 Å². The monoisotopic (exact) mass is 558 g/mol. The predicted octanol–water partition coefficient (Wildman–Crippen LogP) is 3.61. The quantitative estimate of drug-likeness (QED) is 0.446. The molecule has 1 N–H and O–H groups in total. The number of benzene rings is 2. The Labute approximate surface area is 238 Å². The molecule has 0 aliphatic carbocycles. The molecule has 0 saturated carbocycles. The normalized spacial score (nSPS) is 31.8. The molecule has 6 atom stereocenters. The van der Waals surface area contributed by atoms with Gasteiger partial charge in [-0.05, 0) is 50.0 Å². The van der Waals surface area contributed by atoms with E-state index in [0.717, 1.165) is 22.4 Å². The first-order valence-electron chi connectivity index (χ1n) is 13.8. The van der Waals surface area contributed by atoms with Crippen LogP contribution in [0.15, 0.2) is 72.8 Å². The number of nitrogens with zero attached hydrogens (tertiary/aromatic N) is 2. The van der Waals surface area contributed by atoms with E-state index in [1.807, 2.05) is 93.6 Å². The van der Waals surface area contributed by atoms with Crippen LogP contribution in [-0.4, -0.2) is 69.1 Å². The number of fused-ring (bicyclic) bond motifs is 2. The van der Waals surface area contributed by atoms with E-state index >= 15 is 0 Å². The Kier molecular flexibility index (Phi) is 6.66. The fourth-order valence-electron chi connectivity index (χ4n) is 7.26. The number of aliphatic hydroxyl groups is 1. The van der Waals surface area contributed by atoms with Crippen molar-refractivity contribution in [2.24, 2.45) is 11.8 Å². The number of carbonyl (C=O) groups excluding carboxylic acids is 3. The number of para-hydroxylation sites is 1. The first-order valence-corrected chi connectivity index (χ1v) is 14.6. The minimum Gasteiger partial charge on any atom is -0.461 e. The number of thioether (sulfide) groups is 1. The van der Waals surface area contributed by atoms with E-state index < -0.39 is 39.4 Å². The largest absolute Gasteiger partial charge is 0.461 e. The highest BCUT2D eigenvalue weighted by atomic mass is 32.2. The molecule has 1 unspecified atom stereocenters. The smallest absolute Gasteiger partial charge is 0.311 e. The fraction of sp³-hybridized carbons (Fsp3) is 0.406. The molecular weight excluding hydrogens is 524 g/mol. The van der Waals surface area contributed by atoms with Gasteiger partial charge in [-0.25, -0.2) is 0 Å². The molecule has 2 saturated heterocycles. The Morgan fingerprint density at radius 3 is 2.40 bits per heavy atom. The van der Waals surface area contributed by atoms with Crippen molar-refractivity contribution in [3.8, 4) is 0 Å². The van der Waals surface area contributed by atoms with Crippen molar-refractivity contribution in [2.75, 3.05) is 24.7 Å². The van der Waals surface area contributed by atoms with Gasteiger partial charge in [0.1, 0.15) is 12.6 Å². The molecule has 4 aliphatic rings. The summed E-state index contributed by atoms with van der Waals surface area (Å²) in [4.78, 5) is 46.2. The highest BCUT2D eigenvalue weighted by molar-refractivity contribution is 8.02. The summed E-state index contributed by atoms with van der Waals surface area (Å²) in [5, 5.41) is 10.7. The number of aryl methyl sites for hydroxylation is 2. The van der Waals surface area contributed by atoms with Gasteiger partial charge in [-0.15, -0.1) is 11.8 Å². The van der Waals surface area contributed by atoms with Crippen molar-refractivity contribution < 1.29 is 24.2 Å². The van der Waals surface area contributed by atoms with E-state index in [0.29, 0.717) is 13.0 Å². The lowest BCUT2D eigenvalue weighted by atomic mass is 9.75. The number of amides is 2. The van der Waals surface area contributed by atoms with Gasteiger partial charge >= 0.3 is 5.97 Å². The van der Waals surface area contributed by atoms with Crippen LogP contribution in [0.5, 0.6) is 0 Å². The number of hydrogen-bond donors (Lipinski definition) is 1. The molecule has 7 nitrogen and oxygen atoms in total. The maximum Gasteiger partial charge on any atom is 0.311 e. The molecule has 4 aliphatic heterocycles. The Morgan fingerprint density at radius 2 is 1.70 bits per heavy atom. The summed E-state index contributed by atoms with van der Waals surface area (Å²) in [6.07, 6.45) is 8.15. The predicted molar refractivity (Wildman–Crippen MR) is 155 cm³/mol. The molecule has 40 heavy (non-hydrogen) atoms. The van der Waals surface area contributed by atoms with Gasteiger partial charge in [0, 0.05) is 17.0 Å². The van der Waals surface area contributed by atoms with Crippen LogP contribution in [0.25, 0.3) is 0 Å². The van der Waals surface area contributed by atoms with Gasteiger partial charge in [-0.3, -0.25) is 14.4 Å². The third-order valence-corrected chi connectivity index (χ3v) is 10.7. The van der Waals surface area contributed by atoms with Crippen LogP contribution in [0.1, 0.15) is 23.6 Å². The molecule has 2 fully saturated rings. The molecule has 2 aromatic rings. The number of cyclic esters (lactones) is 1. The number of hydrogen-bond acceptors (Lipinski definition) is 6. The highest BCUT2D eigenvalue weighted by Crippen LogP contribution is 2.65. The van der Waals surface area contributed by atoms with Crippen LogP contribution in [0.3, 0.4) is 0 Å². The summed E-state index contributed by atoms with van der Waals surface area (Å²) in [7, 11) is 0. The van der Waals surface area contributed by atoms with Crippen LogP contribution >= 0.6 is 11.8 Å². The average molecular weight is 559 g/mol. The van der Waals surface area contributed by atoms with Crippen LogP contribution in [0, 0.1) is 25.7 Å². The molecule has 0 bridgehead atoms. The van der Waals surface area contributed by atoms with Gasteiger partial charge in [0.15, 0.2) is 0 Å². The molecule has 8 heteroatoms. The maximum absolute atomic E-state index is 14.8. The van der Waals surface area contributed by atoms with Crippen LogP contribution < -0.4 is 4.90 Å². The first-order chi connectivity index (χ1) is 19.2. The van der Waals surface area contributed by atoms with Crippen LogP contribution in [-0.2, 0) is 25.5 Å². The van der Waals surface area contributed by atoms with Crippen molar-refractivity contribution in [3.05, 3.63) is 89.5 Å². The Hall–Kier alpha value is -3.36. The third-order valence-electron chi connectivity index (χ3n) is 8.88. The Bertz CT molecular complexity index is 1400. The molecule has 0 radical (unpaired) electrons. The van der Waals surface area contributed by atoms with E-state index in [-0.39, 0.29) is 25.0 Å². The summed E-state index contributed by atoms with van der Waals surface area (Å²) < 4.78 is 3.82. The molecule has 208 valence electrons. The summed E-state index contributed by atoms with van der Waals surface area (Å²) >= 11 is 1.51. The van der Waals surface area contributed by atoms with Gasteiger partial charge in [0.05, 0.1) is 29.2 Å². The first kappa shape index (κ1) is 26.8. The second-order valence-corrected chi connectivity index (χ2v) is 13.2. The standard InChI is InChI=1S/C32H34N2O5S/c1-20-10-7-11-21(2)26(20)33-16-8-15-32-24(25-30(38)39-17-9-14-31(25,3)40-32)28(36)34(27(32)29(33)37)23(19-35)18-22-12-5-4-6-13-22/h4-15,23-25,27,35H,16-19H2,1-3H3/t23-,24+,25-,27?,31+,32+/m1/s1. The van der Waals surface area contributed by atoms with E-state index in [1.54, 1.807) is 9.80 Å². The van der Waals surface area contributed by atoms with Gasteiger partial charge in [-0.2, -0.15) is 0 Å². The topological polar surface area (TPSA) is 87.2 Å². The van der Waals surface area contributed by atoms with Gasteiger partial charge in [0.2, 0.25) is 5.91 Å². The molecule has 2 amide bonds. The third kappa shape index (κ3) is 3.95. The molecular formula is C32H34N2O5S. The zero-order chi connectivity index (χ0) is 28.2. The van der Waals surface area contributed by atoms with E-state index in [2.05, 4.69) is 0 Å². The van der Waals surface area contributed by atoms with E-state index in [9.17, 15) is 19.5 Å². The minimum absolute atomic E-state index is 0.162. The molecule has 4 heterocycles. The van der Waals surface area contributed by atoms with Crippen molar-refractivity contribution in [2.45, 2.75) is 48.8 Å². The number of likely N-dealkylation sites (tertiary alicyclic amines) is 1. The summed E-state index contributed by atoms with van der Waals surface area (Å²) in [5.74, 6) is -2.46. The van der Waals surface area contributed by atoms with E-state index in [1.165, 1.54) is 11.8 Å². The minimum atomic E-state index is -0.996. The number of rotatable bonds is 5. The van der Waals surface area contributed by atoms with Gasteiger partial charge in [0.25, 0.3) is 5.91 Å². The zero-order valence-corrected chi connectivity index (χ0v) is 23.8. The number of anilines is 1. The number of carbonyl (C=O) groups is 3. The summed E-state index contributed by atoms with van der Waals surface area (Å²) in [6.45, 7) is 6.13. The van der Waals surface area contributed by atoms with Crippen molar-refractivity contribution in [1.82, 2.24) is 4.90 Å². The second-order valence-electron chi connectivity index (χ2n) is 11.4. The van der Waals surface area contributed by atoms with Crippen LogP contribution in [0.2, 0.25) is 0 Å². The lowest BCUT2D eigenvalue weighted by Gasteiger charge is -2.40. The number of esters is 1. The van der Waals surface area contributed by atoms with Crippen LogP contribution in [0.4, 0.5) is 5.69 Å². The zero-order valence-electron chi connectivity index (χ0n) is 22.9. The lowest BCUT2D eigenvalue weighted by molar-refractivity contribution is -0.153. The summed E-state index contributed by atoms with van der Waals surface area (Å²) in [6, 6.07) is 14.1. The highest BCUT2D eigenvalue weighted by Gasteiger charge is 2.74. The number of aliphatic hydroxyl groups excluding tert-OH is 1. The molecule has 1 spiro atoms. The van der Waals surface area contributed by atoms with Crippen molar-refractivity contribution in [1.29, 1.82) is 0 Å². The molecule has 0 aromatic heterocycles. The van der Waals surface area contributed by atoms with E-state index in [4.69, 9.17) is 4.74 Å².